The molecule has 2 aromatic rings. The quantitative estimate of drug-likeness (QED) is 0.656. The Hall–Kier alpha value is -2.70. The van der Waals surface area contributed by atoms with Crippen LogP contribution in [0.15, 0.2) is 30.3 Å². The van der Waals surface area contributed by atoms with E-state index >= 15 is 0 Å². The van der Waals surface area contributed by atoms with Crippen LogP contribution >= 0.6 is 0 Å². The van der Waals surface area contributed by atoms with E-state index in [1.165, 1.54) is 12.1 Å². The molecule has 0 aliphatic carbocycles. The van der Waals surface area contributed by atoms with Gasteiger partial charge in [-0.05, 0) is 19.1 Å². The Kier molecular flexibility index (Phi) is 3.05. The molecular weight excluding hydrogens is 236 g/mol. The maximum absolute atomic E-state index is 10.8. The van der Waals surface area contributed by atoms with Crippen LogP contribution in [0, 0.1) is 17.0 Å². The Labute approximate surface area is 102 Å². The largest absolute Gasteiger partial charge is 0.437 e. The molecule has 0 radical (unpaired) electrons. The topological polar surface area (TPSA) is 104 Å². The van der Waals surface area contributed by atoms with E-state index in [-0.39, 0.29) is 17.4 Å². The smallest absolute Gasteiger partial charge is 0.276 e. The minimum atomic E-state index is -0.461. The number of hydrogen-bond donors (Lipinski definition) is 1. The molecular formula is C11H10N4O3. The maximum atomic E-state index is 10.8. The Morgan fingerprint density at radius 3 is 2.67 bits per heavy atom. The third kappa shape index (κ3) is 2.34. The molecule has 1 aromatic carbocycles. The highest BCUT2D eigenvalue weighted by Gasteiger charge is 2.14. The molecule has 0 bridgehead atoms. The number of rotatable bonds is 3. The van der Waals surface area contributed by atoms with Crippen molar-refractivity contribution < 1.29 is 9.66 Å². The first kappa shape index (κ1) is 11.8. The molecule has 0 aliphatic rings. The van der Waals surface area contributed by atoms with Crippen molar-refractivity contribution in [3.63, 3.8) is 0 Å². The molecule has 0 amide bonds. The zero-order chi connectivity index (χ0) is 13.1. The Balaban J connectivity index is 2.32. The summed E-state index contributed by atoms with van der Waals surface area (Å²) in [6.45, 7) is 1.61. The average Bonchev–Trinajstić information content (AvgIpc) is 2.34. The van der Waals surface area contributed by atoms with Crippen molar-refractivity contribution in [2.45, 2.75) is 6.92 Å². The average molecular weight is 246 g/mol. The Morgan fingerprint density at radius 2 is 2.06 bits per heavy atom. The fourth-order valence-electron chi connectivity index (χ4n) is 1.41. The molecule has 0 spiro atoms. The maximum Gasteiger partial charge on any atom is 0.276 e. The summed E-state index contributed by atoms with van der Waals surface area (Å²) >= 11 is 0. The summed E-state index contributed by atoms with van der Waals surface area (Å²) in [7, 11) is 0. The highest BCUT2D eigenvalue weighted by Crippen LogP contribution is 2.29. The van der Waals surface area contributed by atoms with E-state index < -0.39 is 4.92 Å². The lowest BCUT2D eigenvalue weighted by Crippen LogP contribution is -1.97. The Morgan fingerprint density at radius 1 is 1.28 bits per heavy atom. The van der Waals surface area contributed by atoms with Gasteiger partial charge in [0.2, 0.25) is 5.88 Å². The van der Waals surface area contributed by atoms with Gasteiger partial charge in [-0.1, -0.05) is 6.07 Å². The predicted molar refractivity (Wildman–Crippen MR) is 64.4 cm³/mol. The number of hydrogen-bond acceptors (Lipinski definition) is 6. The monoisotopic (exact) mass is 246 g/mol. The summed E-state index contributed by atoms with van der Waals surface area (Å²) in [4.78, 5) is 10.3. The molecule has 0 saturated carbocycles. The van der Waals surface area contributed by atoms with Gasteiger partial charge < -0.3 is 10.5 Å². The normalized spacial score (nSPS) is 10.1. The molecule has 2 N–H and O–H groups in total. The molecule has 0 atom stereocenters. The van der Waals surface area contributed by atoms with Gasteiger partial charge in [0.15, 0.2) is 0 Å². The van der Waals surface area contributed by atoms with Gasteiger partial charge in [-0.15, -0.1) is 10.2 Å². The van der Waals surface area contributed by atoms with E-state index in [1.807, 2.05) is 0 Å². The fraction of sp³-hybridized carbons (Fsp3) is 0.0909. The Bertz CT molecular complexity index is 583. The van der Waals surface area contributed by atoms with Gasteiger partial charge >= 0.3 is 0 Å². The highest BCUT2D eigenvalue weighted by molar-refractivity contribution is 5.49. The molecule has 1 heterocycles. The SMILES string of the molecule is Cc1c(Oc2ccc(N)nn2)cccc1[N+](=O)[O-]. The summed E-state index contributed by atoms with van der Waals surface area (Å²) in [6.07, 6.45) is 0. The highest BCUT2D eigenvalue weighted by atomic mass is 16.6. The minimum Gasteiger partial charge on any atom is -0.437 e. The van der Waals surface area contributed by atoms with Crippen LogP contribution < -0.4 is 10.5 Å². The third-order valence-corrected chi connectivity index (χ3v) is 2.33. The van der Waals surface area contributed by atoms with Crippen LogP contribution in [-0.4, -0.2) is 15.1 Å². The number of nitrogens with zero attached hydrogens (tertiary/aromatic N) is 3. The molecule has 18 heavy (non-hydrogen) atoms. The lowest BCUT2D eigenvalue weighted by molar-refractivity contribution is -0.385. The summed E-state index contributed by atoms with van der Waals surface area (Å²) in [5, 5.41) is 18.1. The number of nitro benzene ring substituents is 1. The zero-order valence-corrected chi connectivity index (χ0v) is 9.53. The molecule has 1 aromatic heterocycles. The second kappa shape index (κ2) is 4.66. The summed E-state index contributed by atoms with van der Waals surface area (Å²) in [5.74, 6) is 0.870. The molecule has 2 rings (SSSR count). The number of nitro groups is 1. The molecule has 7 nitrogen and oxygen atoms in total. The van der Waals surface area contributed by atoms with Gasteiger partial charge in [-0.2, -0.15) is 0 Å². The van der Waals surface area contributed by atoms with E-state index in [4.69, 9.17) is 10.5 Å². The molecule has 0 fully saturated rings. The molecule has 7 heteroatoms. The number of ether oxygens (including phenoxy) is 1. The van der Waals surface area contributed by atoms with Gasteiger partial charge in [0.1, 0.15) is 11.6 Å². The van der Waals surface area contributed by atoms with Crippen LogP contribution in [0.2, 0.25) is 0 Å². The number of nitrogens with two attached hydrogens (primary N) is 1. The summed E-state index contributed by atoms with van der Waals surface area (Å²) in [6, 6.07) is 7.66. The van der Waals surface area contributed by atoms with Crippen molar-refractivity contribution in [2.75, 3.05) is 5.73 Å². The second-order valence-corrected chi connectivity index (χ2v) is 3.56. The standard InChI is InChI=1S/C11H10N4O3/c1-7-8(15(16)17)3-2-4-9(7)18-11-6-5-10(12)13-14-11/h2-6H,1H3,(H2,12,13). The van der Waals surface area contributed by atoms with E-state index in [9.17, 15) is 10.1 Å². The zero-order valence-electron chi connectivity index (χ0n) is 9.53. The van der Waals surface area contributed by atoms with Crippen molar-refractivity contribution >= 4 is 11.5 Å². The van der Waals surface area contributed by atoms with Gasteiger partial charge in [0.25, 0.3) is 5.69 Å². The summed E-state index contributed by atoms with van der Waals surface area (Å²) < 4.78 is 5.42. The van der Waals surface area contributed by atoms with Gasteiger partial charge in [0, 0.05) is 12.1 Å². The third-order valence-electron chi connectivity index (χ3n) is 2.33. The fourth-order valence-corrected chi connectivity index (χ4v) is 1.41. The van der Waals surface area contributed by atoms with Crippen molar-refractivity contribution in [1.29, 1.82) is 0 Å². The van der Waals surface area contributed by atoms with Gasteiger partial charge in [-0.3, -0.25) is 10.1 Å². The minimum absolute atomic E-state index is 0.00379. The molecule has 0 aliphatic heterocycles. The van der Waals surface area contributed by atoms with E-state index in [0.717, 1.165) is 0 Å². The van der Waals surface area contributed by atoms with Crippen molar-refractivity contribution in [2.24, 2.45) is 0 Å². The number of nitrogen functional groups attached to an aromatic ring is 1. The van der Waals surface area contributed by atoms with Crippen molar-refractivity contribution in [1.82, 2.24) is 10.2 Å². The first-order valence-electron chi connectivity index (χ1n) is 5.09. The van der Waals surface area contributed by atoms with Crippen LogP contribution in [0.4, 0.5) is 11.5 Å². The van der Waals surface area contributed by atoms with Crippen molar-refractivity contribution in [3.8, 4) is 11.6 Å². The number of aromatic nitrogens is 2. The lowest BCUT2D eigenvalue weighted by Gasteiger charge is -2.07. The van der Waals surface area contributed by atoms with Crippen LogP contribution in [0.3, 0.4) is 0 Å². The first-order chi connectivity index (χ1) is 8.58. The molecule has 92 valence electrons. The van der Waals surface area contributed by atoms with Crippen molar-refractivity contribution in [3.05, 3.63) is 46.0 Å². The van der Waals surface area contributed by atoms with E-state index in [1.54, 1.807) is 25.1 Å². The predicted octanol–water partition coefficient (Wildman–Crippen LogP) is 2.07. The van der Waals surface area contributed by atoms with Crippen LogP contribution in [-0.2, 0) is 0 Å². The number of anilines is 1. The van der Waals surface area contributed by atoms with Gasteiger partial charge in [-0.25, -0.2) is 0 Å². The number of benzene rings is 1. The van der Waals surface area contributed by atoms with Gasteiger partial charge in [0.05, 0.1) is 10.5 Å². The van der Waals surface area contributed by atoms with Crippen LogP contribution in [0.1, 0.15) is 5.56 Å². The van der Waals surface area contributed by atoms with E-state index in [0.29, 0.717) is 11.3 Å². The van der Waals surface area contributed by atoms with Crippen LogP contribution in [0.25, 0.3) is 0 Å². The summed E-state index contributed by atoms with van der Waals surface area (Å²) in [5.41, 5.74) is 5.82. The molecule has 0 saturated heterocycles. The first-order valence-corrected chi connectivity index (χ1v) is 5.09. The second-order valence-electron chi connectivity index (χ2n) is 3.56. The van der Waals surface area contributed by atoms with Crippen LogP contribution in [0.5, 0.6) is 11.6 Å². The molecule has 0 unspecified atom stereocenters. The lowest BCUT2D eigenvalue weighted by atomic mass is 10.2. The van der Waals surface area contributed by atoms with E-state index in [2.05, 4.69) is 10.2 Å².